The molecular weight excluding hydrogens is 261 g/mol. The van der Waals surface area contributed by atoms with Crippen molar-refractivity contribution in [1.82, 2.24) is 14.8 Å². The topological polar surface area (TPSA) is 68.0 Å². The molecule has 3 aromatic rings. The van der Waals surface area contributed by atoms with E-state index in [0.29, 0.717) is 22.0 Å². The van der Waals surface area contributed by atoms with Gasteiger partial charge in [-0.1, -0.05) is 6.07 Å². The van der Waals surface area contributed by atoms with Gasteiger partial charge in [0.15, 0.2) is 5.69 Å². The van der Waals surface area contributed by atoms with Gasteiger partial charge in [-0.2, -0.15) is 5.10 Å². The highest BCUT2D eigenvalue weighted by atomic mass is 19.1. The molecule has 0 amide bonds. The van der Waals surface area contributed by atoms with Crippen LogP contribution < -0.4 is 0 Å². The van der Waals surface area contributed by atoms with Gasteiger partial charge in [-0.25, -0.2) is 9.18 Å². The molecular formula is C14H10FN3O2. The van der Waals surface area contributed by atoms with Crippen molar-refractivity contribution in [2.24, 2.45) is 7.05 Å². The molecule has 3 rings (SSSR count). The van der Waals surface area contributed by atoms with E-state index in [4.69, 9.17) is 0 Å². The molecule has 0 saturated carbocycles. The SMILES string of the molecule is Cn1ncc(-c2cc(F)cc3cccnc23)c1C(=O)O. The number of carboxylic acids is 1. The van der Waals surface area contributed by atoms with E-state index in [1.807, 2.05) is 0 Å². The third kappa shape index (κ3) is 1.82. The van der Waals surface area contributed by atoms with Gasteiger partial charge in [0.1, 0.15) is 5.82 Å². The van der Waals surface area contributed by atoms with Gasteiger partial charge in [0.05, 0.1) is 11.7 Å². The van der Waals surface area contributed by atoms with Crippen molar-refractivity contribution in [1.29, 1.82) is 0 Å². The van der Waals surface area contributed by atoms with Crippen LogP contribution in [0, 0.1) is 5.82 Å². The average molecular weight is 271 g/mol. The highest BCUT2D eigenvalue weighted by Crippen LogP contribution is 2.30. The van der Waals surface area contributed by atoms with Gasteiger partial charge in [0.25, 0.3) is 0 Å². The fourth-order valence-corrected chi connectivity index (χ4v) is 2.25. The number of fused-ring (bicyclic) bond motifs is 1. The predicted molar refractivity (Wildman–Crippen MR) is 70.9 cm³/mol. The van der Waals surface area contributed by atoms with Crippen molar-refractivity contribution >= 4 is 16.9 Å². The zero-order valence-electron chi connectivity index (χ0n) is 10.5. The van der Waals surface area contributed by atoms with Gasteiger partial charge in [0, 0.05) is 29.8 Å². The van der Waals surface area contributed by atoms with Gasteiger partial charge in [0.2, 0.25) is 0 Å². The number of hydrogen-bond acceptors (Lipinski definition) is 3. The van der Waals surface area contributed by atoms with Gasteiger partial charge in [-0.05, 0) is 18.2 Å². The Kier molecular flexibility index (Phi) is 2.71. The second kappa shape index (κ2) is 4.41. The first-order valence-electron chi connectivity index (χ1n) is 5.88. The molecule has 0 aliphatic rings. The fourth-order valence-electron chi connectivity index (χ4n) is 2.25. The molecule has 0 atom stereocenters. The lowest BCUT2D eigenvalue weighted by atomic mass is 10.0. The maximum Gasteiger partial charge on any atom is 0.354 e. The predicted octanol–water partition coefficient (Wildman–Crippen LogP) is 2.47. The molecule has 2 aromatic heterocycles. The van der Waals surface area contributed by atoms with E-state index in [0.717, 1.165) is 0 Å². The molecule has 0 spiro atoms. The maximum atomic E-state index is 13.7. The van der Waals surface area contributed by atoms with Gasteiger partial charge in [-0.3, -0.25) is 9.67 Å². The Morgan fingerprint density at radius 3 is 2.90 bits per heavy atom. The minimum absolute atomic E-state index is 0.00236. The summed E-state index contributed by atoms with van der Waals surface area (Å²) in [4.78, 5) is 15.5. The van der Waals surface area contributed by atoms with Crippen LogP contribution in [0.2, 0.25) is 0 Å². The monoisotopic (exact) mass is 271 g/mol. The van der Waals surface area contributed by atoms with E-state index in [9.17, 15) is 14.3 Å². The summed E-state index contributed by atoms with van der Waals surface area (Å²) in [6.07, 6.45) is 2.99. The molecule has 0 unspecified atom stereocenters. The number of aromatic nitrogens is 3. The van der Waals surface area contributed by atoms with E-state index in [2.05, 4.69) is 10.1 Å². The van der Waals surface area contributed by atoms with Crippen LogP contribution in [0.5, 0.6) is 0 Å². The Morgan fingerprint density at radius 1 is 1.35 bits per heavy atom. The zero-order chi connectivity index (χ0) is 14.3. The van der Waals surface area contributed by atoms with Crippen LogP contribution in [-0.4, -0.2) is 25.8 Å². The van der Waals surface area contributed by atoms with Gasteiger partial charge >= 0.3 is 5.97 Å². The van der Waals surface area contributed by atoms with Crippen LogP contribution in [0.25, 0.3) is 22.0 Å². The zero-order valence-corrected chi connectivity index (χ0v) is 10.5. The second-order valence-electron chi connectivity index (χ2n) is 4.36. The van der Waals surface area contributed by atoms with Crippen molar-refractivity contribution in [3.63, 3.8) is 0 Å². The maximum absolute atomic E-state index is 13.7. The Bertz CT molecular complexity index is 826. The number of nitrogens with zero attached hydrogens (tertiary/aromatic N) is 3. The first-order chi connectivity index (χ1) is 9.58. The summed E-state index contributed by atoms with van der Waals surface area (Å²) in [5.74, 6) is -1.56. The molecule has 1 N–H and O–H groups in total. The smallest absolute Gasteiger partial charge is 0.354 e. The molecule has 0 radical (unpaired) electrons. The quantitative estimate of drug-likeness (QED) is 0.777. The molecule has 0 aliphatic heterocycles. The average Bonchev–Trinajstić information content (AvgIpc) is 2.79. The molecule has 0 saturated heterocycles. The van der Waals surface area contributed by atoms with Crippen LogP contribution in [0.1, 0.15) is 10.5 Å². The Labute approximate surface area is 113 Å². The molecule has 0 bridgehead atoms. The molecule has 2 heterocycles. The number of rotatable bonds is 2. The lowest BCUT2D eigenvalue weighted by Gasteiger charge is -2.06. The number of benzene rings is 1. The highest BCUT2D eigenvalue weighted by molar-refractivity contribution is 6.01. The number of aryl methyl sites for hydroxylation is 1. The number of carboxylic acid groups (broad SMARTS) is 1. The number of aromatic carboxylic acids is 1. The molecule has 1 aromatic carbocycles. The normalized spacial score (nSPS) is 10.9. The molecule has 20 heavy (non-hydrogen) atoms. The molecule has 0 fully saturated rings. The van der Waals surface area contributed by atoms with E-state index in [-0.39, 0.29) is 5.69 Å². The number of halogens is 1. The summed E-state index contributed by atoms with van der Waals surface area (Å²) < 4.78 is 15.0. The summed E-state index contributed by atoms with van der Waals surface area (Å²) in [6, 6.07) is 6.07. The van der Waals surface area contributed by atoms with Crippen molar-refractivity contribution in [2.75, 3.05) is 0 Å². The van der Waals surface area contributed by atoms with E-state index in [1.54, 1.807) is 18.3 Å². The minimum Gasteiger partial charge on any atom is -0.477 e. The standard InChI is InChI=1S/C14H10FN3O2/c1-18-13(14(19)20)11(7-17-18)10-6-9(15)5-8-3-2-4-16-12(8)10/h2-7H,1H3,(H,19,20). The van der Waals surface area contributed by atoms with E-state index < -0.39 is 11.8 Å². The summed E-state index contributed by atoms with van der Waals surface area (Å²) in [5.41, 5.74) is 1.32. The largest absolute Gasteiger partial charge is 0.477 e. The van der Waals surface area contributed by atoms with Crippen molar-refractivity contribution in [3.05, 3.63) is 48.2 Å². The molecule has 6 heteroatoms. The summed E-state index contributed by atoms with van der Waals surface area (Å²) in [6.45, 7) is 0. The van der Waals surface area contributed by atoms with Crippen LogP contribution in [-0.2, 0) is 7.05 Å². The third-order valence-electron chi connectivity index (χ3n) is 3.10. The minimum atomic E-state index is -1.12. The number of carbonyl (C=O) groups is 1. The van der Waals surface area contributed by atoms with E-state index in [1.165, 1.54) is 30.1 Å². The Morgan fingerprint density at radius 2 is 2.15 bits per heavy atom. The summed E-state index contributed by atoms with van der Waals surface area (Å²) >= 11 is 0. The first-order valence-corrected chi connectivity index (χ1v) is 5.88. The van der Waals surface area contributed by atoms with Crippen LogP contribution >= 0.6 is 0 Å². The summed E-state index contributed by atoms with van der Waals surface area (Å²) in [7, 11) is 1.53. The first kappa shape index (κ1) is 12.3. The number of hydrogen-bond donors (Lipinski definition) is 1. The number of pyridine rings is 1. The van der Waals surface area contributed by atoms with Gasteiger partial charge in [-0.15, -0.1) is 0 Å². The van der Waals surface area contributed by atoms with Crippen molar-refractivity contribution < 1.29 is 14.3 Å². The summed E-state index contributed by atoms with van der Waals surface area (Å²) in [5, 5.41) is 13.8. The Hall–Kier alpha value is -2.76. The van der Waals surface area contributed by atoms with Crippen molar-refractivity contribution in [3.8, 4) is 11.1 Å². The lowest BCUT2D eigenvalue weighted by Crippen LogP contribution is -2.07. The van der Waals surface area contributed by atoms with Crippen LogP contribution in [0.4, 0.5) is 4.39 Å². The van der Waals surface area contributed by atoms with Gasteiger partial charge < -0.3 is 5.11 Å². The van der Waals surface area contributed by atoms with Crippen LogP contribution in [0.15, 0.2) is 36.7 Å². The molecule has 5 nitrogen and oxygen atoms in total. The van der Waals surface area contributed by atoms with Crippen molar-refractivity contribution in [2.45, 2.75) is 0 Å². The van der Waals surface area contributed by atoms with E-state index >= 15 is 0 Å². The third-order valence-corrected chi connectivity index (χ3v) is 3.10. The lowest BCUT2D eigenvalue weighted by molar-refractivity contribution is 0.0686. The highest BCUT2D eigenvalue weighted by Gasteiger charge is 2.19. The molecule has 0 aliphatic carbocycles. The van der Waals surface area contributed by atoms with Crippen LogP contribution in [0.3, 0.4) is 0 Å². The molecule has 100 valence electrons. The fraction of sp³-hybridized carbons (Fsp3) is 0.0714. The second-order valence-corrected chi connectivity index (χ2v) is 4.36. The Balaban J connectivity index is 2.38.